The van der Waals surface area contributed by atoms with Crippen LogP contribution in [0, 0.1) is 12.3 Å². The van der Waals surface area contributed by atoms with Crippen LogP contribution in [0.1, 0.15) is 25.0 Å². The summed E-state index contributed by atoms with van der Waals surface area (Å²) < 4.78 is 0. The topological polar surface area (TPSA) is 39.7 Å². The molecule has 0 amide bonds. The molecule has 0 saturated heterocycles. The van der Waals surface area contributed by atoms with Crippen molar-refractivity contribution < 1.29 is 0 Å². The standard InChI is InChI=1S/C17H26N4.HI/c1-5-11-19-17(18-6-2)20-13-15-9-8-10-16(12-15)14-21(4)7-3;/h1,8-10,12H,6-7,11,13-14H2,2-4H3,(H2,18,19,20);1H. The fourth-order valence-electron chi connectivity index (χ4n) is 1.90. The molecule has 22 heavy (non-hydrogen) atoms. The van der Waals surface area contributed by atoms with Gasteiger partial charge in [-0.15, -0.1) is 30.4 Å². The van der Waals surface area contributed by atoms with E-state index in [-0.39, 0.29) is 24.0 Å². The number of hydrogen-bond donors (Lipinski definition) is 2. The molecule has 2 N–H and O–H groups in total. The Balaban J connectivity index is 0.00000441. The highest BCUT2D eigenvalue weighted by atomic mass is 127. The molecule has 0 aromatic heterocycles. The van der Waals surface area contributed by atoms with Crippen LogP contribution in [-0.2, 0) is 13.1 Å². The molecule has 0 bridgehead atoms. The molecule has 0 aliphatic heterocycles. The van der Waals surface area contributed by atoms with Gasteiger partial charge in [-0.1, -0.05) is 37.1 Å². The maximum absolute atomic E-state index is 5.26. The second-order valence-corrected chi connectivity index (χ2v) is 4.90. The molecule has 5 heteroatoms. The summed E-state index contributed by atoms with van der Waals surface area (Å²) in [6.45, 7) is 8.14. The first kappa shape index (κ1) is 20.7. The van der Waals surface area contributed by atoms with E-state index in [2.05, 4.69) is 64.7 Å². The van der Waals surface area contributed by atoms with E-state index in [0.29, 0.717) is 13.1 Å². The first-order valence-electron chi connectivity index (χ1n) is 7.41. The number of nitrogens with zero attached hydrogens (tertiary/aromatic N) is 2. The van der Waals surface area contributed by atoms with Gasteiger partial charge in [0, 0.05) is 13.1 Å². The Hall–Kier alpha value is -1.26. The molecule has 0 atom stereocenters. The third-order valence-corrected chi connectivity index (χ3v) is 3.11. The molecule has 0 saturated carbocycles. The monoisotopic (exact) mass is 414 g/mol. The summed E-state index contributed by atoms with van der Waals surface area (Å²) in [4.78, 5) is 6.83. The smallest absolute Gasteiger partial charge is 0.192 e. The molecule has 1 rings (SSSR count). The van der Waals surface area contributed by atoms with Crippen molar-refractivity contribution in [1.82, 2.24) is 15.5 Å². The van der Waals surface area contributed by atoms with Gasteiger partial charge in [-0.2, -0.15) is 0 Å². The van der Waals surface area contributed by atoms with Crippen LogP contribution < -0.4 is 10.6 Å². The lowest BCUT2D eigenvalue weighted by atomic mass is 10.1. The number of benzene rings is 1. The second kappa shape index (κ2) is 12.3. The minimum absolute atomic E-state index is 0. The Bertz CT molecular complexity index is 494. The zero-order valence-corrected chi connectivity index (χ0v) is 16.1. The Kier molecular flexibility index (Phi) is 11.6. The first-order chi connectivity index (χ1) is 10.2. The summed E-state index contributed by atoms with van der Waals surface area (Å²) in [5, 5.41) is 6.27. The van der Waals surface area contributed by atoms with Gasteiger partial charge in [0.1, 0.15) is 0 Å². The fraction of sp³-hybridized carbons (Fsp3) is 0.471. The third-order valence-electron chi connectivity index (χ3n) is 3.11. The van der Waals surface area contributed by atoms with Gasteiger partial charge in [0.2, 0.25) is 0 Å². The van der Waals surface area contributed by atoms with Crippen molar-refractivity contribution in [1.29, 1.82) is 0 Å². The highest BCUT2D eigenvalue weighted by Gasteiger charge is 2.00. The number of rotatable bonds is 7. The van der Waals surface area contributed by atoms with Crippen LogP contribution in [0.2, 0.25) is 0 Å². The molecule has 1 aromatic rings. The van der Waals surface area contributed by atoms with E-state index < -0.39 is 0 Å². The van der Waals surface area contributed by atoms with E-state index in [1.807, 2.05) is 6.92 Å². The van der Waals surface area contributed by atoms with E-state index >= 15 is 0 Å². The van der Waals surface area contributed by atoms with Gasteiger partial charge in [-0.05, 0) is 31.6 Å². The van der Waals surface area contributed by atoms with Crippen LogP contribution in [0.5, 0.6) is 0 Å². The highest BCUT2D eigenvalue weighted by molar-refractivity contribution is 14.0. The predicted octanol–water partition coefficient (Wildman–Crippen LogP) is 2.44. The number of hydrogen-bond acceptors (Lipinski definition) is 2. The number of guanidine groups is 1. The maximum Gasteiger partial charge on any atom is 0.192 e. The predicted molar refractivity (Wildman–Crippen MR) is 106 cm³/mol. The van der Waals surface area contributed by atoms with Crippen LogP contribution in [0.3, 0.4) is 0 Å². The van der Waals surface area contributed by atoms with Crippen molar-refractivity contribution in [3.8, 4) is 12.3 Å². The summed E-state index contributed by atoms with van der Waals surface area (Å²) >= 11 is 0. The molecule has 1 aromatic carbocycles. The zero-order chi connectivity index (χ0) is 15.5. The summed E-state index contributed by atoms with van der Waals surface area (Å²) in [5.41, 5.74) is 2.52. The molecule has 0 aliphatic carbocycles. The molecule has 4 nitrogen and oxygen atoms in total. The van der Waals surface area contributed by atoms with E-state index in [1.165, 1.54) is 11.1 Å². The van der Waals surface area contributed by atoms with E-state index in [1.54, 1.807) is 0 Å². The normalized spacial score (nSPS) is 10.8. The van der Waals surface area contributed by atoms with Crippen LogP contribution in [-0.4, -0.2) is 37.5 Å². The van der Waals surface area contributed by atoms with Crippen LogP contribution in [0.15, 0.2) is 29.3 Å². The lowest BCUT2D eigenvalue weighted by Crippen LogP contribution is -2.37. The lowest BCUT2D eigenvalue weighted by molar-refractivity contribution is 0.345. The Morgan fingerprint density at radius 2 is 2.00 bits per heavy atom. The van der Waals surface area contributed by atoms with Crippen LogP contribution in [0.25, 0.3) is 0 Å². The van der Waals surface area contributed by atoms with Crippen molar-refractivity contribution in [2.24, 2.45) is 4.99 Å². The lowest BCUT2D eigenvalue weighted by Gasteiger charge is -2.14. The second-order valence-electron chi connectivity index (χ2n) is 4.90. The van der Waals surface area contributed by atoms with Gasteiger partial charge >= 0.3 is 0 Å². The quantitative estimate of drug-likeness (QED) is 0.312. The van der Waals surface area contributed by atoms with Gasteiger partial charge < -0.3 is 15.5 Å². The maximum atomic E-state index is 5.26. The SMILES string of the molecule is C#CCNC(=NCc1cccc(CN(C)CC)c1)NCC.I. The molecule has 0 spiro atoms. The minimum atomic E-state index is 0. The Morgan fingerprint density at radius 1 is 1.27 bits per heavy atom. The highest BCUT2D eigenvalue weighted by Crippen LogP contribution is 2.08. The van der Waals surface area contributed by atoms with E-state index in [0.717, 1.165) is 25.6 Å². The summed E-state index contributed by atoms with van der Waals surface area (Å²) in [7, 11) is 2.12. The number of nitrogens with one attached hydrogen (secondary N) is 2. The first-order valence-corrected chi connectivity index (χ1v) is 7.41. The molecular weight excluding hydrogens is 387 g/mol. The molecule has 0 heterocycles. The van der Waals surface area contributed by atoms with Crippen molar-refractivity contribution >= 4 is 29.9 Å². The van der Waals surface area contributed by atoms with Gasteiger partial charge in [-0.25, -0.2) is 4.99 Å². The van der Waals surface area contributed by atoms with Crippen LogP contribution >= 0.6 is 24.0 Å². The minimum Gasteiger partial charge on any atom is -0.357 e. The summed E-state index contributed by atoms with van der Waals surface area (Å²) in [6, 6.07) is 8.55. The third kappa shape index (κ3) is 8.25. The fourth-order valence-corrected chi connectivity index (χ4v) is 1.90. The number of terminal acetylenes is 1. The van der Waals surface area contributed by atoms with Crippen molar-refractivity contribution in [3.63, 3.8) is 0 Å². The molecule has 122 valence electrons. The van der Waals surface area contributed by atoms with Crippen molar-refractivity contribution in [2.45, 2.75) is 26.9 Å². The molecule has 0 radical (unpaired) electrons. The van der Waals surface area contributed by atoms with Gasteiger partial charge in [-0.3, -0.25) is 0 Å². The average molecular weight is 414 g/mol. The van der Waals surface area contributed by atoms with E-state index in [9.17, 15) is 0 Å². The number of aliphatic imine (C=N–C) groups is 1. The van der Waals surface area contributed by atoms with Crippen LogP contribution in [0.4, 0.5) is 0 Å². The average Bonchev–Trinajstić information content (AvgIpc) is 2.50. The zero-order valence-electron chi connectivity index (χ0n) is 13.7. The number of halogens is 1. The van der Waals surface area contributed by atoms with Gasteiger partial charge in [0.25, 0.3) is 0 Å². The van der Waals surface area contributed by atoms with Gasteiger partial charge in [0.05, 0.1) is 13.1 Å². The van der Waals surface area contributed by atoms with E-state index in [4.69, 9.17) is 6.42 Å². The largest absolute Gasteiger partial charge is 0.357 e. The van der Waals surface area contributed by atoms with Crippen molar-refractivity contribution in [2.75, 3.05) is 26.7 Å². The summed E-state index contributed by atoms with van der Waals surface area (Å²) in [5.74, 6) is 3.31. The summed E-state index contributed by atoms with van der Waals surface area (Å²) in [6.07, 6.45) is 5.26. The molecule has 0 aliphatic rings. The molecule has 0 unspecified atom stereocenters. The Morgan fingerprint density at radius 3 is 2.64 bits per heavy atom. The van der Waals surface area contributed by atoms with Crippen molar-refractivity contribution in [3.05, 3.63) is 35.4 Å². The Labute approximate surface area is 151 Å². The molecule has 0 fully saturated rings. The van der Waals surface area contributed by atoms with Gasteiger partial charge in [0.15, 0.2) is 5.96 Å². The molecular formula is C17H27IN4.